The Kier molecular flexibility index (Phi) is 3.60. The molecular formula is C20H23N7O2. The minimum absolute atomic E-state index is 0.200. The molecule has 0 aromatic carbocycles. The van der Waals surface area contributed by atoms with Gasteiger partial charge in [-0.15, -0.1) is 0 Å². The van der Waals surface area contributed by atoms with Gasteiger partial charge in [-0.05, 0) is 56.4 Å². The van der Waals surface area contributed by atoms with Crippen LogP contribution in [0.5, 0.6) is 5.88 Å². The molecule has 3 aromatic heterocycles. The Morgan fingerprint density at radius 2 is 1.97 bits per heavy atom. The summed E-state index contributed by atoms with van der Waals surface area (Å²) in [5.74, 6) is 2.13. The maximum atomic E-state index is 11.4. The molecule has 0 aliphatic heterocycles. The Bertz CT molecular complexity index is 1250. The smallest absolute Gasteiger partial charge is 0.326 e. The van der Waals surface area contributed by atoms with Crippen LogP contribution in [0.3, 0.4) is 0 Å². The summed E-state index contributed by atoms with van der Waals surface area (Å²) < 4.78 is 1.74. The second kappa shape index (κ2) is 6.20. The van der Waals surface area contributed by atoms with Crippen molar-refractivity contribution in [3.05, 3.63) is 39.1 Å². The van der Waals surface area contributed by atoms with Gasteiger partial charge < -0.3 is 15.4 Å². The standard InChI is InChI=1S/C20H23N7O2/c28-19-14(23-20(29)26-19)7-12-9-21-27-16(22-13-5-6-13)8-15(25-18(12)27)24-17(10-1-2-10)11-3-4-11/h7-11,13,17,24,28H,1-6H2,(H2,23,26,29). The molecule has 3 fully saturated rings. The van der Waals surface area contributed by atoms with Gasteiger partial charge in [0.15, 0.2) is 11.1 Å². The number of aromatic amines is 2. The Hall–Kier alpha value is -3.10. The van der Waals surface area contributed by atoms with Crippen LogP contribution < -0.4 is 21.7 Å². The maximum Gasteiger partial charge on any atom is 0.326 e. The first-order chi connectivity index (χ1) is 14.1. The Morgan fingerprint density at radius 3 is 2.59 bits per heavy atom. The SMILES string of the molecule is O=c1[nH]c(O)c(C=c2cnn3c(=NC4CC4)cc(NC(C4CC4)C4CC4)nc23)[nH]1. The van der Waals surface area contributed by atoms with Crippen LogP contribution in [-0.2, 0) is 0 Å². The molecule has 3 saturated carbocycles. The van der Waals surface area contributed by atoms with Gasteiger partial charge in [0.1, 0.15) is 11.5 Å². The normalized spacial score (nSPS) is 20.9. The molecule has 4 N–H and O–H groups in total. The van der Waals surface area contributed by atoms with Gasteiger partial charge in [-0.2, -0.15) is 9.61 Å². The van der Waals surface area contributed by atoms with Crippen molar-refractivity contribution in [2.75, 3.05) is 5.32 Å². The van der Waals surface area contributed by atoms with Crippen molar-refractivity contribution in [3.8, 4) is 5.88 Å². The van der Waals surface area contributed by atoms with Gasteiger partial charge in [-0.25, -0.2) is 9.78 Å². The lowest BCUT2D eigenvalue weighted by molar-refractivity contribution is 0.454. The van der Waals surface area contributed by atoms with Crippen LogP contribution in [0.4, 0.5) is 5.82 Å². The largest absolute Gasteiger partial charge is 0.493 e. The van der Waals surface area contributed by atoms with E-state index in [1.165, 1.54) is 25.7 Å². The van der Waals surface area contributed by atoms with E-state index in [4.69, 9.17) is 9.98 Å². The summed E-state index contributed by atoms with van der Waals surface area (Å²) in [5.41, 5.74) is 1.29. The molecule has 3 aliphatic rings. The highest BCUT2D eigenvalue weighted by molar-refractivity contribution is 5.58. The third-order valence-corrected chi connectivity index (χ3v) is 5.95. The molecular weight excluding hydrogens is 370 g/mol. The number of aromatic hydroxyl groups is 1. The molecule has 29 heavy (non-hydrogen) atoms. The number of nitrogens with zero attached hydrogens (tertiary/aromatic N) is 4. The van der Waals surface area contributed by atoms with Crippen LogP contribution >= 0.6 is 0 Å². The van der Waals surface area contributed by atoms with Gasteiger partial charge in [0.05, 0.1) is 12.2 Å². The molecule has 3 heterocycles. The summed E-state index contributed by atoms with van der Waals surface area (Å²) in [7, 11) is 0. The van der Waals surface area contributed by atoms with E-state index in [2.05, 4.69) is 20.4 Å². The van der Waals surface area contributed by atoms with Crippen LogP contribution in [0.1, 0.15) is 44.2 Å². The maximum absolute atomic E-state index is 11.4. The summed E-state index contributed by atoms with van der Waals surface area (Å²) in [6.07, 6.45) is 10.7. The van der Waals surface area contributed by atoms with Crippen LogP contribution in [0.25, 0.3) is 11.7 Å². The molecule has 0 spiro atoms. The van der Waals surface area contributed by atoms with Crippen molar-refractivity contribution < 1.29 is 5.11 Å². The van der Waals surface area contributed by atoms with E-state index < -0.39 is 5.69 Å². The fourth-order valence-corrected chi connectivity index (χ4v) is 3.97. The van der Waals surface area contributed by atoms with E-state index in [1.54, 1.807) is 16.8 Å². The summed E-state index contributed by atoms with van der Waals surface area (Å²) in [5, 5.41) is 18.8. The second-order valence-electron chi connectivity index (χ2n) is 8.53. The second-order valence-corrected chi connectivity index (χ2v) is 8.53. The molecule has 9 nitrogen and oxygen atoms in total. The average Bonchev–Trinajstić information content (AvgIpc) is 3.56. The van der Waals surface area contributed by atoms with E-state index in [-0.39, 0.29) is 5.88 Å². The van der Waals surface area contributed by atoms with E-state index >= 15 is 0 Å². The van der Waals surface area contributed by atoms with Gasteiger partial charge in [-0.3, -0.25) is 9.98 Å². The lowest BCUT2D eigenvalue weighted by Gasteiger charge is -2.18. The molecule has 3 aliphatic carbocycles. The zero-order chi connectivity index (χ0) is 19.5. The number of anilines is 1. The molecule has 150 valence electrons. The number of hydrogen-bond donors (Lipinski definition) is 4. The fraction of sp³-hybridized carbons (Fsp3) is 0.500. The van der Waals surface area contributed by atoms with Crippen molar-refractivity contribution in [2.45, 2.75) is 50.6 Å². The van der Waals surface area contributed by atoms with Crippen molar-refractivity contribution in [2.24, 2.45) is 16.8 Å². The zero-order valence-electron chi connectivity index (χ0n) is 15.9. The Labute approximate surface area is 165 Å². The first kappa shape index (κ1) is 16.8. The van der Waals surface area contributed by atoms with E-state index in [0.29, 0.717) is 28.6 Å². The zero-order valence-corrected chi connectivity index (χ0v) is 15.9. The first-order valence-electron chi connectivity index (χ1n) is 10.4. The summed E-state index contributed by atoms with van der Waals surface area (Å²) >= 11 is 0. The number of imidazole rings is 1. The third-order valence-electron chi connectivity index (χ3n) is 5.95. The van der Waals surface area contributed by atoms with Crippen molar-refractivity contribution in [1.82, 2.24) is 24.6 Å². The summed E-state index contributed by atoms with van der Waals surface area (Å²) in [6.45, 7) is 0. The van der Waals surface area contributed by atoms with Crippen LogP contribution in [-0.4, -0.2) is 41.8 Å². The summed E-state index contributed by atoms with van der Waals surface area (Å²) in [4.78, 5) is 26.0. The molecule has 3 aromatic rings. The minimum Gasteiger partial charge on any atom is -0.493 e. The number of hydrogen-bond acceptors (Lipinski definition) is 6. The molecule has 9 heteroatoms. The van der Waals surface area contributed by atoms with E-state index in [1.807, 2.05) is 6.07 Å². The third kappa shape index (κ3) is 3.30. The van der Waals surface area contributed by atoms with Gasteiger partial charge in [0.25, 0.3) is 0 Å². The van der Waals surface area contributed by atoms with Crippen LogP contribution in [0.2, 0.25) is 0 Å². The summed E-state index contributed by atoms with van der Waals surface area (Å²) in [6, 6.07) is 2.84. The minimum atomic E-state index is -0.457. The molecule has 0 bridgehead atoms. The molecule has 6 rings (SSSR count). The number of nitrogens with one attached hydrogen (secondary N) is 3. The molecule has 0 amide bonds. The van der Waals surface area contributed by atoms with Gasteiger partial charge in [-0.1, -0.05) is 0 Å². The van der Waals surface area contributed by atoms with Crippen molar-refractivity contribution in [1.29, 1.82) is 0 Å². The van der Waals surface area contributed by atoms with Crippen LogP contribution in [0, 0.1) is 11.8 Å². The van der Waals surface area contributed by atoms with E-state index in [0.717, 1.165) is 36.0 Å². The quantitative estimate of drug-likeness (QED) is 0.490. The van der Waals surface area contributed by atoms with Crippen molar-refractivity contribution in [3.63, 3.8) is 0 Å². The lowest BCUT2D eigenvalue weighted by Crippen LogP contribution is -2.27. The number of aromatic nitrogens is 5. The number of fused-ring (bicyclic) bond motifs is 1. The Balaban J connectivity index is 1.48. The predicted molar refractivity (Wildman–Crippen MR) is 106 cm³/mol. The lowest BCUT2D eigenvalue weighted by atomic mass is 10.1. The predicted octanol–water partition coefficient (Wildman–Crippen LogP) is 0.663. The fourth-order valence-electron chi connectivity index (χ4n) is 3.97. The number of H-pyrrole nitrogens is 2. The first-order valence-corrected chi connectivity index (χ1v) is 10.4. The monoisotopic (exact) mass is 393 g/mol. The molecule has 0 atom stereocenters. The topological polar surface area (TPSA) is 123 Å². The molecule has 0 saturated heterocycles. The highest BCUT2D eigenvalue weighted by atomic mass is 16.3. The Morgan fingerprint density at radius 1 is 1.21 bits per heavy atom. The van der Waals surface area contributed by atoms with Crippen LogP contribution in [0.15, 0.2) is 22.1 Å². The molecule has 0 unspecified atom stereocenters. The average molecular weight is 393 g/mol. The van der Waals surface area contributed by atoms with Gasteiger partial charge in [0, 0.05) is 17.3 Å². The molecule has 0 radical (unpaired) electrons. The highest BCUT2D eigenvalue weighted by Gasteiger charge is 2.41. The van der Waals surface area contributed by atoms with Gasteiger partial charge in [0.2, 0.25) is 5.88 Å². The van der Waals surface area contributed by atoms with Gasteiger partial charge >= 0.3 is 5.69 Å². The van der Waals surface area contributed by atoms with E-state index in [9.17, 15) is 9.90 Å². The highest BCUT2D eigenvalue weighted by Crippen LogP contribution is 2.45. The van der Waals surface area contributed by atoms with Crippen molar-refractivity contribution >= 4 is 17.5 Å². The number of rotatable bonds is 6.